The molecular weight excluding hydrogens is 368 g/mol. The maximum absolute atomic E-state index is 13.2. The Hall–Kier alpha value is -2.35. The van der Waals surface area contributed by atoms with Crippen molar-refractivity contribution < 1.29 is 14.2 Å². The fraction of sp³-hybridized carbons (Fsp3) is 0.158. The van der Waals surface area contributed by atoms with Gasteiger partial charge >= 0.3 is 0 Å². The Morgan fingerprint density at radius 2 is 2.12 bits per heavy atom. The summed E-state index contributed by atoms with van der Waals surface area (Å²) in [7, 11) is 0.228. The van der Waals surface area contributed by atoms with Crippen molar-refractivity contribution in [2.24, 2.45) is 0 Å². The normalized spacial score (nSPS) is 15.5. The molecule has 0 saturated carbocycles. The molecule has 136 valence electrons. The number of methoxy groups -OCH3 is 1. The Morgan fingerprint density at radius 1 is 1.38 bits per heavy atom. The number of ether oxygens (including phenoxy) is 1. The summed E-state index contributed by atoms with van der Waals surface area (Å²) < 4.78 is 20.2. The standard InChI is InChI=1S/C19H20N2O3S2/c1-4-13-12-21(26(23)15-8-6-14(24-3)7-9-15)17-10-11-25-19(17)18(13)16(5-2)20-22/h4-11,20,22H,1,12H2,2-3H3/b16-5+. The molecule has 1 aliphatic rings. The predicted octanol–water partition coefficient (Wildman–Crippen LogP) is 4.12. The molecule has 3 rings (SSSR count). The highest BCUT2D eigenvalue weighted by Gasteiger charge is 2.30. The average molecular weight is 389 g/mol. The minimum Gasteiger partial charge on any atom is -0.497 e. The number of nitrogens with one attached hydrogen (secondary N) is 1. The van der Waals surface area contributed by atoms with Gasteiger partial charge in [-0.05, 0) is 48.2 Å². The van der Waals surface area contributed by atoms with Gasteiger partial charge in [-0.25, -0.2) is 4.21 Å². The van der Waals surface area contributed by atoms with Gasteiger partial charge in [-0.1, -0.05) is 18.7 Å². The summed E-state index contributed by atoms with van der Waals surface area (Å²) in [5.41, 5.74) is 5.53. The molecule has 0 saturated heterocycles. The monoisotopic (exact) mass is 388 g/mol. The molecule has 26 heavy (non-hydrogen) atoms. The summed E-state index contributed by atoms with van der Waals surface area (Å²) in [6.07, 6.45) is 3.55. The Bertz CT molecular complexity index is 898. The van der Waals surface area contributed by atoms with Crippen LogP contribution >= 0.6 is 11.3 Å². The van der Waals surface area contributed by atoms with Crippen molar-refractivity contribution in [1.29, 1.82) is 0 Å². The maximum atomic E-state index is 13.2. The lowest BCUT2D eigenvalue weighted by molar-refractivity contribution is 0.206. The molecule has 1 aromatic heterocycles. The van der Waals surface area contributed by atoms with Crippen LogP contribution in [0.3, 0.4) is 0 Å². The first-order chi connectivity index (χ1) is 12.6. The minimum atomic E-state index is -1.37. The van der Waals surface area contributed by atoms with Gasteiger partial charge in [-0.3, -0.25) is 15.0 Å². The fourth-order valence-corrected chi connectivity index (χ4v) is 5.10. The lowest BCUT2D eigenvalue weighted by Gasteiger charge is -2.31. The van der Waals surface area contributed by atoms with Crippen molar-refractivity contribution in [2.45, 2.75) is 11.8 Å². The summed E-state index contributed by atoms with van der Waals surface area (Å²) in [5, 5.41) is 11.4. The van der Waals surface area contributed by atoms with Crippen molar-refractivity contribution in [3.8, 4) is 5.75 Å². The quantitative estimate of drug-likeness (QED) is 0.731. The molecule has 0 aliphatic carbocycles. The second kappa shape index (κ2) is 7.90. The number of hydrogen-bond donors (Lipinski definition) is 2. The SMILES string of the molecule is C=CC1=C(/C(=C\C)NO)c2sccc2N(S(=O)c2ccc(OC)cc2)C1. The van der Waals surface area contributed by atoms with Crippen LogP contribution in [0, 0.1) is 0 Å². The molecule has 5 nitrogen and oxygen atoms in total. The third-order valence-corrected chi connectivity index (χ3v) is 6.48. The van der Waals surface area contributed by atoms with Gasteiger partial charge in [0.1, 0.15) is 5.75 Å². The lowest BCUT2D eigenvalue weighted by Crippen LogP contribution is -2.32. The Kier molecular flexibility index (Phi) is 5.61. The van der Waals surface area contributed by atoms with E-state index in [-0.39, 0.29) is 0 Å². The van der Waals surface area contributed by atoms with Crippen LogP contribution in [0.15, 0.2) is 70.6 Å². The molecule has 1 aromatic carbocycles. The molecule has 2 aromatic rings. The van der Waals surface area contributed by atoms with Crippen molar-refractivity contribution >= 4 is 33.6 Å². The first-order valence-electron chi connectivity index (χ1n) is 7.98. The van der Waals surface area contributed by atoms with Gasteiger partial charge in [0.15, 0.2) is 11.0 Å². The molecule has 0 fully saturated rings. The van der Waals surface area contributed by atoms with Crippen molar-refractivity contribution in [3.05, 3.63) is 70.6 Å². The van der Waals surface area contributed by atoms with Gasteiger partial charge in [0.25, 0.3) is 0 Å². The summed E-state index contributed by atoms with van der Waals surface area (Å²) >= 11 is 1.54. The van der Waals surface area contributed by atoms with Gasteiger partial charge in [0.2, 0.25) is 0 Å². The number of hydroxylamine groups is 1. The van der Waals surface area contributed by atoms with Crippen molar-refractivity contribution in [1.82, 2.24) is 5.48 Å². The zero-order valence-electron chi connectivity index (χ0n) is 14.6. The fourth-order valence-electron chi connectivity index (χ4n) is 2.84. The third kappa shape index (κ3) is 3.21. The van der Waals surface area contributed by atoms with E-state index in [2.05, 4.69) is 12.1 Å². The Balaban J connectivity index is 2.04. The van der Waals surface area contributed by atoms with Crippen LogP contribution in [0.25, 0.3) is 5.57 Å². The molecule has 1 unspecified atom stereocenters. The van der Waals surface area contributed by atoms with Crippen molar-refractivity contribution in [2.75, 3.05) is 18.0 Å². The van der Waals surface area contributed by atoms with E-state index in [0.29, 0.717) is 17.1 Å². The molecule has 0 spiro atoms. The first kappa shape index (κ1) is 18.4. The molecule has 0 radical (unpaired) electrons. The number of anilines is 1. The highest BCUT2D eigenvalue weighted by atomic mass is 32.2. The van der Waals surface area contributed by atoms with E-state index in [9.17, 15) is 9.42 Å². The second-order valence-electron chi connectivity index (χ2n) is 5.51. The van der Waals surface area contributed by atoms with Gasteiger partial charge < -0.3 is 4.74 Å². The van der Waals surface area contributed by atoms with Crippen LogP contribution in [0.4, 0.5) is 5.69 Å². The van der Waals surface area contributed by atoms with E-state index < -0.39 is 11.0 Å². The second-order valence-corrected chi connectivity index (χ2v) is 7.84. The molecule has 1 aliphatic heterocycles. The Morgan fingerprint density at radius 3 is 2.69 bits per heavy atom. The zero-order chi connectivity index (χ0) is 18.7. The summed E-state index contributed by atoms with van der Waals surface area (Å²) in [6, 6.07) is 9.16. The molecule has 1 atom stereocenters. The number of nitrogens with zero attached hydrogens (tertiary/aromatic N) is 1. The molecular formula is C19H20N2O3S2. The number of rotatable bonds is 6. The first-order valence-corrected chi connectivity index (χ1v) is 9.97. The Labute approximate surface area is 159 Å². The molecule has 2 N–H and O–H groups in total. The maximum Gasteiger partial charge on any atom is 0.153 e. The molecule has 2 heterocycles. The minimum absolute atomic E-state index is 0.431. The number of allylic oxidation sites excluding steroid dienone is 2. The van der Waals surface area contributed by atoms with Gasteiger partial charge in [0, 0.05) is 5.57 Å². The summed E-state index contributed by atoms with van der Waals surface area (Å²) in [4.78, 5) is 1.64. The van der Waals surface area contributed by atoms with E-state index in [4.69, 9.17) is 4.74 Å². The average Bonchev–Trinajstić information content (AvgIpc) is 3.18. The number of hydrogen-bond acceptors (Lipinski definition) is 5. The largest absolute Gasteiger partial charge is 0.497 e. The van der Waals surface area contributed by atoms with Crippen LogP contribution < -0.4 is 14.5 Å². The van der Waals surface area contributed by atoms with Gasteiger partial charge in [0.05, 0.1) is 34.8 Å². The molecule has 7 heteroatoms. The zero-order valence-corrected chi connectivity index (χ0v) is 16.2. The summed E-state index contributed by atoms with van der Waals surface area (Å²) in [5.74, 6) is 0.723. The van der Waals surface area contributed by atoms with Crippen LogP contribution in [0.2, 0.25) is 0 Å². The van der Waals surface area contributed by atoms with E-state index in [1.54, 1.807) is 54.9 Å². The number of thiophene rings is 1. The highest BCUT2D eigenvalue weighted by Crippen LogP contribution is 2.43. The van der Waals surface area contributed by atoms with Crippen LogP contribution in [0.5, 0.6) is 5.75 Å². The third-order valence-electron chi connectivity index (χ3n) is 4.16. The topological polar surface area (TPSA) is 61.8 Å². The lowest BCUT2D eigenvalue weighted by atomic mass is 9.99. The highest BCUT2D eigenvalue weighted by molar-refractivity contribution is 7.86. The summed E-state index contributed by atoms with van der Waals surface area (Å²) in [6.45, 7) is 6.18. The smallest absolute Gasteiger partial charge is 0.153 e. The number of benzene rings is 1. The molecule has 0 bridgehead atoms. The van der Waals surface area contributed by atoms with E-state index >= 15 is 0 Å². The van der Waals surface area contributed by atoms with Gasteiger partial charge in [-0.15, -0.1) is 11.3 Å². The van der Waals surface area contributed by atoms with Crippen LogP contribution in [-0.4, -0.2) is 23.1 Å². The van der Waals surface area contributed by atoms with E-state index in [1.165, 1.54) is 0 Å². The van der Waals surface area contributed by atoms with Crippen LogP contribution in [0.1, 0.15) is 11.8 Å². The van der Waals surface area contributed by atoms with Crippen molar-refractivity contribution in [3.63, 3.8) is 0 Å². The predicted molar refractivity (Wildman–Crippen MR) is 107 cm³/mol. The number of fused-ring (bicyclic) bond motifs is 1. The molecule has 0 amide bonds. The van der Waals surface area contributed by atoms with E-state index in [0.717, 1.165) is 27.5 Å². The van der Waals surface area contributed by atoms with Crippen LogP contribution in [-0.2, 0) is 11.0 Å². The van der Waals surface area contributed by atoms with Gasteiger partial charge in [-0.2, -0.15) is 0 Å². The van der Waals surface area contributed by atoms with E-state index in [1.807, 2.05) is 22.7 Å².